The summed E-state index contributed by atoms with van der Waals surface area (Å²) >= 11 is 0. The third-order valence-electron chi connectivity index (χ3n) is 3.79. The summed E-state index contributed by atoms with van der Waals surface area (Å²) < 4.78 is 0. The maximum absolute atomic E-state index is 11.3. The van der Waals surface area contributed by atoms with E-state index in [9.17, 15) is 4.79 Å². The zero-order chi connectivity index (χ0) is 12.7. The summed E-state index contributed by atoms with van der Waals surface area (Å²) in [6.07, 6.45) is 4.06. The fraction of sp³-hybridized carbons (Fsp3) is 0.500. The molecule has 1 fully saturated rings. The van der Waals surface area contributed by atoms with E-state index in [0.29, 0.717) is 6.42 Å². The SMILES string of the molecule is CN(CC1CC1)c1cc2c(cc1N)NC(=O)CC2. The van der Waals surface area contributed by atoms with E-state index in [0.717, 1.165) is 35.9 Å². The molecule has 1 saturated carbocycles. The lowest BCUT2D eigenvalue weighted by Gasteiger charge is -2.25. The molecule has 96 valence electrons. The first-order valence-electron chi connectivity index (χ1n) is 6.57. The number of nitrogen functional groups attached to an aromatic ring is 1. The first-order valence-corrected chi connectivity index (χ1v) is 6.57. The Morgan fingerprint density at radius 3 is 2.89 bits per heavy atom. The second-order valence-electron chi connectivity index (χ2n) is 5.44. The highest BCUT2D eigenvalue weighted by molar-refractivity contribution is 5.95. The molecule has 0 atom stereocenters. The van der Waals surface area contributed by atoms with Gasteiger partial charge in [0.1, 0.15) is 0 Å². The molecule has 0 saturated heterocycles. The Kier molecular flexibility index (Phi) is 2.65. The molecule has 1 heterocycles. The van der Waals surface area contributed by atoms with Crippen LogP contribution < -0.4 is 16.0 Å². The molecule has 0 aromatic heterocycles. The average molecular weight is 245 g/mol. The van der Waals surface area contributed by atoms with Gasteiger partial charge in [0, 0.05) is 25.7 Å². The van der Waals surface area contributed by atoms with Crippen molar-refractivity contribution in [3.8, 4) is 0 Å². The van der Waals surface area contributed by atoms with Crippen LogP contribution in [0.15, 0.2) is 12.1 Å². The van der Waals surface area contributed by atoms with E-state index in [1.54, 1.807) is 0 Å². The first-order chi connectivity index (χ1) is 8.63. The summed E-state index contributed by atoms with van der Waals surface area (Å²) in [7, 11) is 2.10. The minimum absolute atomic E-state index is 0.0842. The maximum Gasteiger partial charge on any atom is 0.224 e. The Bertz CT molecular complexity index is 494. The number of anilines is 3. The number of aryl methyl sites for hydroxylation is 1. The number of carbonyl (C=O) groups excluding carboxylic acids is 1. The van der Waals surface area contributed by atoms with Gasteiger partial charge in [-0.3, -0.25) is 4.79 Å². The lowest BCUT2D eigenvalue weighted by molar-refractivity contribution is -0.116. The van der Waals surface area contributed by atoms with Gasteiger partial charge in [-0.2, -0.15) is 0 Å². The summed E-state index contributed by atoms with van der Waals surface area (Å²) in [5.41, 5.74) is 10.0. The van der Waals surface area contributed by atoms with Crippen molar-refractivity contribution in [2.75, 3.05) is 29.5 Å². The second kappa shape index (κ2) is 4.19. The number of amides is 1. The maximum atomic E-state index is 11.3. The van der Waals surface area contributed by atoms with Gasteiger partial charge in [-0.1, -0.05) is 0 Å². The first kappa shape index (κ1) is 11.4. The third kappa shape index (κ3) is 2.15. The van der Waals surface area contributed by atoms with Crippen LogP contribution in [0.25, 0.3) is 0 Å². The lowest BCUT2D eigenvalue weighted by atomic mass is 10.0. The molecule has 4 nitrogen and oxygen atoms in total. The average Bonchev–Trinajstić information content (AvgIpc) is 3.11. The normalized spacial score (nSPS) is 18.2. The Morgan fingerprint density at radius 2 is 2.17 bits per heavy atom. The summed E-state index contributed by atoms with van der Waals surface area (Å²) in [4.78, 5) is 13.6. The Labute approximate surface area is 107 Å². The molecule has 0 radical (unpaired) electrons. The fourth-order valence-electron chi connectivity index (χ4n) is 2.55. The van der Waals surface area contributed by atoms with Crippen LogP contribution in [-0.2, 0) is 11.2 Å². The van der Waals surface area contributed by atoms with Crippen LogP contribution in [0.3, 0.4) is 0 Å². The van der Waals surface area contributed by atoms with Crippen molar-refractivity contribution in [3.63, 3.8) is 0 Å². The molecule has 0 bridgehead atoms. The van der Waals surface area contributed by atoms with Crippen LogP contribution in [0.4, 0.5) is 17.1 Å². The van der Waals surface area contributed by atoms with Gasteiger partial charge in [-0.25, -0.2) is 0 Å². The molecule has 1 amide bonds. The number of nitrogens with two attached hydrogens (primary N) is 1. The van der Waals surface area contributed by atoms with Crippen molar-refractivity contribution in [2.45, 2.75) is 25.7 Å². The molecule has 2 aliphatic rings. The van der Waals surface area contributed by atoms with E-state index in [2.05, 4.69) is 23.3 Å². The summed E-state index contributed by atoms with van der Waals surface area (Å²) in [6, 6.07) is 4.03. The molecule has 3 rings (SSSR count). The number of hydrogen-bond acceptors (Lipinski definition) is 3. The highest BCUT2D eigenvalue weighted by atomic mass is 16.1. The largest absolute Gasteiger partial charge is 0.397 e. The predicted octanol–water partition coefficient (Wildman–Crippen LogP) is 2.00. The molecule has 4 heteroatoms. The van der Waals surface area contributed by atoms with Gasteiger partial charge in [0.25, 0.3) is 0 Å². The Hall–Kier alpha value is -1.71. The summed E-state index contributed by atoms with van der Waals surface area (Å²) in [5, 5.41) is 2.88. The zero-order valence-corrected chi connectivity index (χ0v) is 10.7. The molecule has 3 N–H and O–H groups in total. The van der Waals surface area contributed by atoms with Crippen molar-refractivity contribution in [1.29, 1.82) is 0 Å². The number of nitrogens with one attached hydrogen (secondary N) is 1. The quantitative estimate of drug-likeness (QED) is 0.801. The standard InChI is InChI=1S/C14H19N3O/c1-17(8-9-2-3-9)13-6-10-4-5-14(18)16-12(10)7-11(13)15/h6-7,9H,2-5,8,15H2,1H3,(H,16,18). The van der Waals surface area contributed by atoms with Crippen molar-refractivity contribution >= 4 is 23.0 Å². The van der Waals surface area contributed by atoms with Crippen LogP contribution in [0.2, 0.25) is 0 Å². The molecule has 1 aliphatic carbocycles. The third-order valence-corrected chi connectivity index (χ3v) is 3.79. The van der Waals surface area contributed by atoms with E-state index < -0.39 is 0 Å². The van der Waals surface area contributed by atoms with Gasteiger partial charge in [-0.05, 0) is 42.9 Å². The van der Waals surface area contributed by atoms with Crippen molar-refractivity contribution in [2.24, 2.45) is 5.92 Å². The molecule has 0 unspecified atom stereocenters. The van der Waals surface area contributed by atoms with Gasteiger partial charge in [0.05, 0.1) is 11.4 Å². The van der Waals surface area contributed by atoms with E-state index in [4.69, 9.17) is 5.73 Å². The van der Waals surface area contributed by atoms with E-state index in [1.165, 1.54) is 18.4 Å². The second-order valence-corrected chi connectivity index (χ2v) is 5.44. The van der Waals surface area contributed by atoms with Crippen molar-refractivity contribution in [3.05, 3.63) is 17.7 Å². The Balaban J connectivity index is 1.88. The van der Waals surface area contributed by atoms with Gasteiger partial charge in [0.15, 0.2) is 0 Å². The number of hydrogen-bond donors (Lipinski definition) is 2. The number of nitrogens with zero attached hydrogens (tertiary/aromatic N) is 1. The van der Waals surface area contributed by atoms with Crippen LogP contribution in [0, 0.1) is 5.92 Å². The van der Waals surface area contributed by atoms with E-state index in [1.807, 2.05) is 6.07 Å². The van der Waals surface area contributed by atoms with Crippen LogP contribution in [-0.4, -0.2) is 19.5 Å². The topological polar surface area (TPSA) is 58.4 Å². The molecular formula is C14H19N3O. The zero-order valence-electron chi connectivity index (χ0n) is 10.7. The van der Waals surface area contributed by atoms with Crippen molar-refractivity contribution in [1.82, 2.24) is 0 Å². The predicted molar refractivity (Wildman–Crippen MR) is 73.8 cm³/mol. The van der Waals surface area contributed by atoms with Gasteiger partial charge in [0.2, 0.25) is 5.91 Å². The Morgan fingerprint density at radius 1 is 1.39 bits per heavy atom. The fourth-order valence-corrected chi connectivity index (χ4v) is 2.55. The van der Waals surface area contributed by atoms with Crippen LogP contribution in [0.1, 0.15) is 24.8 Å². The van der Waals surface area contributed by atoms with Gasteiger partial charge >= 0.3 is 0 Å². The summed E-state index contributed by atoms with van der Waals surface area (Å²) in [6.45, 7) is 1.08. The smallest absolute Gasteiger partial charge is 0.224 e. The van der Waals surface area contributed by atoms with Crippen LogP contribution >= 0.6 is 0 Å². The minimum Gasteiger partial charge on any atom is -0.397 e. The number of carbonyl (C=O) groups is 1. The monoisotopic (exact) mass is 245 g/mol. The molecule has 1 aromatic rings. The molecule has 0 spiro atoms. The van der Waals surface area contributed by atoms with E-state index >= 15 is 0 Å². The van der Waals surface area contributed by atoms with Crippen molar-refractivity contribution < 1.29 is 4.79 Å². The lowest BCUT2D eigenvalue weighted by Crippen LogP contribution is -2.23. The molecule has 18 heavy (non-hydrogen) atoms. The number of benzene rings is 1. The molecule has 1 aromatic carbocycles. The highest BCUT2D eigenvalue weighted by Crippen LogP contribution is 2.35. The minimum atomic E-state index is 0.0842. The molecular weight excluding hydrogens is 226 g/mol. The van der Waals surface area contributed by atoms with Crippen LogP contribution in [0.5, 0.6) is 0 Å². The summed E-state index contributed by atoms with van der Waals surface area (Å²) in [5.74, 6) is 0.922. The number of fused-ring (bicyclic) bond motifs is 1. The van der Waals surface area contributed by atoms with E-state index in [-0.39, 0.29) is 5.91 Å². The number of rotatable bonds is 3. The van der Waals surface area contributed by atoms with Gasteiger partial charge in [-0.15, -0.1) is 0 Å². The van der Waals surface area contributed by atoms with Gasteiger partial charge < -0.3 is 16.0 Å². The highest BCUT2D eigenvalue weighted by Gasteiger charge is 2.24. The molecule has 1 aliphatic heterocycles.